The highest BCUT2D eigenvalue weighted by atomic mass is 16.2. The lowest BCUT2D eigenvalue weighted by Gasteiger charge is -2.25. The van der Waals surface area contributed by atoms with E-state index in [0.717, 1.165) is 32.4 Å². The minimum Gasteiger partial charge on any atom is -0.344 e. The number of carbonyl (C=O) groups excluding carboxylic acids is 1. The number of rotatable bonds is 3. The first-order chi connectivity index (χ1) is 8.09. The van der Waals surface area contributed by atoms with Gasteiger partial charge >= 0.3 is 0 Å². The van der Waals surface area contributed by atoms with Gasteiger partial charge in [-0.1, -0.05) is 0 Å². The third-order valence-electron chi connectivity index (χ3n) is 4.23. The lowest BCUT2D eigenvalue weighted by molar-refractivity contribution is -0.132. The summed E-state index contributed by atoms with van der Waals surface area (Å²) in [7, 11) is 1.82. The largest absolute Gasteiger partial charge is 0.344 e. The summed E-state index contributed by atoms with van der Waals surface area (Å²) in [4.78, 5) is 14.0. The van der Waals surface area contributed by atoms with Crippen LogP contribution in [0.2, 0.25) is 0 Å². The third-order valence-corrected chi connectivity index (χ3v) is 4.23. The molecule has 2 aliphatic rings. The second kappa shape index (κ2) is 4.66. The maximum Gasteiger partial charge on any atom is 0.226 e. The van der Waals surface area contributed by atoms with Crippen LogP contribution in [0.15, 0.2) is 0 Å². The molecule has 4 nitrogen and oxygen atoms in total. The molecule has 1 amide bonds. The van der Waals surface area contributed by atoms with Gasteiger partial charge in [0.15, 0.2) is 0 Å². The molecule has 2 fully saturated rings. The molecule has 2 atom stereocenters. The summed E-state index contributed by atoms with van der Waals surface area (Å²) in [5.74, 6) is 0.390. The molecule has 94 valence electrons. The number of carbonyl (C=O) groups is 1. The SMILES string of the molecule is CC(C#N)CN(C)C(=O)C1CC12CCNCC2. The van der Waals surface area contributed by atoms with E-state index in [9.17, 15) is 4.79 Å². The first-order valence-corrected chi connectivity index (χ1v) is 6.44. The molecule has 1 saturated carbocycles. The van der Waals surface area contributed by atoms with Crippen molar-refractivity contribution in [1.29, 1.82) is 5.26 Å². The number of nitrogens with one attached hydrogen (secondary N) is 1. The fraction of sp³-hybridized carbons (Fsp3) is 0.846. The van der Waals surface area contributed by atoms with E-state index < -0.39 is 0 Å². The predicted molar refractivity (Wildman–Crippen MR) is 65.1 cm³/mol. The summed E-state index contributed by atoms with van der Waals surface area (Å²) in [5.41, 5.74) is 0.298. The van der Waals surface area contributed by atoms with Crippen molar-refractivity contribution in [2.75, 3.05) is 26.7 Å². The fourth-order valence-corrected chi connectivity index (χ4v) is 2.98. The van der Waals surface area contributed by atoms with Gasteiger partial charge in [-0.2, -0.15) is 5.26 Å². The van der Waals surface area contributed by atoms with Crippen LogP contribution in [0, 0.1) is 28.6 Å². The van der Waals surface area contributed by atoms with Gasteiger partial charge in [-0.3, -0.25) is 4.79 Å². The topological polar surface area (TPSA) is 56.1 Å². The summed E-state index contributed by atoms with van der Waals surface area (Å²) in [6.07, 6.45) is 3.31. The van der Waals surface area contributed by atoms with Gasteiger partial charge in [0, 0.05) is 19.5 Å². The highest BCUT2D eigenvalue weighted by Crippen LogP contribution is 2.59. The number of hydrogen-bond donors (Lipinski definition) is 1. The first-order valence-electron chi connectivity index (χ1n) is 6.44. The van der Waals surface area contributed by atoms with E-state index in [1.54, 1.807) is 4.90 Å². The van der Waals surface area contributed by atoms with Crippen molar-refractivity contribution in [1.82, 2.24) is 10.2 Å². The van der Waals surface area contributed by atoms with E-state index in [4.69, 9.17) is 5.26 Å². The summed E-state index contributed by atoms with van der Waals surface area (Å²) >= 11 is 0. The fourth-order valence-electron chi connectivity index (χ4n) is 2.98. The van der Waals surface area contributed by atoms with E-state index >= 15 is 0 Å². The molecular weight excluding hydrogens is 214 g/mol. The zero-order valence-electron chi connectivity index (χ0n) is 10.7. The normalized spacial score (nSPS) is 27.2. The van der Waals surface area contributed by atoms with E-state index in [1.807, 2.05) is 14.0 Å². The number of nitriles is 1. The molecule has 2 unspecified atom stereocenters. The van der Waals surface area contributed by atoms with Crippen LogP contribution in [-0.4, -0.2) is 37.5 Å². The molecule has 0 aromatic heterocycles. The molecule has 1 N–H and O–H groups in total. The van der Waals surface area contributed by atoms with Crippen molar-refractivity contribution in [2.24, 2.45) is 17.3 Å². The van der Waals surface area contributed by atoms with Crippen molar-refractivity contribution in [2.45, 2.75) is 26.2 Å². The first kappa shape index (κ1) is 12.4. The Hall–Kier alpha value is -1.08. The molecular formula is C13H21N3O. The van der Waals surface area contributed by atoms with Crippen molar-refractivity contribution >= 4 is 5.91 Å². The Bertz CT molecular complexity index is 341. The van der Waals surface area contributed by atoms with Crippen LogP contribution in [0.1, 0.15) is 26.2 Å². The Morgan fingerprint density at radius 2 is 2.24 bits per heavy atom. The average molecular weight is 235 g/mol. The van der Waals surface area contributed by atoms with Gasteiger partial charge in [0.2, 0.25) is 5.91 Å². The Morgan fingerprint density at radius 3 is 2.82 bits per heavy atom. The molecule has 1 aliphatic carbocycles. The molecule has 17 heavy (non-hydrogen) atoms. The molecule has 0 radical (unpaired) electrons. The molecule has 0 aromatic rings. The van der Waals surface area contributed by atoms with Crippen LogP contribution >= 0.6 is 0 Å². The minimum atomic E-state index is -0.0772. The zero-order chi connectivity index (χ0) is 12.5. The molecule has 2 rings (SSSR count). The number of amides is 1. The van der Waals surface area contributed by atoms with Crippen LogP contribution < -0.4 is 5.32 Å². The summed E-state index contributed by atoms with van der Waals surface area (Å²) in [5, 5.41) is 12.1. The summed E-state index contributed by atoms with van der Waals surface area (Å²) < 4.78 is 0. The standard InChI is InChI=1S/C13H21N3O/c1-10(8-14)9-16(2)12(17)11-7-13(11)3-5-15-6-4-13/h10-11,15H,3-7,9H2,1-2H3. The van der Waals surface area contributed by atoms with Gasteiger partial charge < -0.3 is 10.2 Å². The Labute approximate surface area is 103 Å². The smallest absolute Gasteiger partial charge is 0.226 e. The van der Waals surface area contributed by atoms with E-state index in [2.05, 4.69) is 11.4 Å². The molecule has 0 bridgehead atoms. The van der Waals surface area contributed by atoms with Gasteiger partial charge in [-0.05, 0) is 44.7 Å². The number of hydrogen-bond acceptors (Lipinski definition) is 3. The van der Waals surface area contributed by atoms with Gasteiger partial charge in [-0.15, -0.1) is 0 Å². The quantitative estimate of drug-likeness (QED) is 0.794. The van der Waals surface area contributed by atoms with Crippen LogP contribution in [0.5, 0.6) is 0 Å². The van der Waals surface area contributed by atoms with Crippen molar-refractivity contribution in [3.05, 3.63) is 0 Å². The molecule has 1 saturated heterocycles. The van der Waals surface area contributed by atoms with Gasteiger partial charge in [0.05, 0.1) is 12.0 Å². The van der Waals surface area contributed by atoms with Crippen LogP contribution in [0.25, 0.3) is 0 Å². The van der Waals surface area contributed by atoms with Crippen molar-refractivity contribution in [3.63, 3.8) is 0 Å². The Balaban J connectivity index is 1.87. The molecule has 4 heteroatoms. The summed E-state index contributed by atoms with van der Waals surface area (Å²) in [6, 6.07) is 2.18. The lowest BCUT2D eigenvalue weighted by atomic mass is 9.91. The van der Waals surface area contributed by atoms with E-state index in [-0.39, 0.29) is 17.7 Å². The summed E-state index contributed by atoms with van der Waals surface area (Å²) in [6.45, 7) is 4.50. The number of nitrogens with zero attached hydrogens (tertiary/aromatic N) is 2. The predicted octanol–water partition coefficient (Wildman–Crippen LogP) is 0.994. The van der Waals surface area contributed by atoms with Gasteiger partial charge in [0.25, 0.3) is 0 Å². The molecule has 1 aliphatic heterocycles. The Morgan fingerprint density at radius 1 is 1.59 bits per heavy atom. The van der Waals surface area contributed by atoms with Crippen LogP contribution in [0.4, 0.5) is 0 Å². The lowest BCUT2D eigenvalue weighted by Crippen LogP contribution is -2.36. The molecule has 0 aromatic carbocycles. The average Bonchev–Trinajstić information content (AvgIpc) is 3.02. The zero-order valence-corrected chi connectivity index (χ0v) is 10.7. The maximum absolute atomic E-state index is 12.2. The van der Waals surface area contributed by atoms with E-state index in [0.29, 0.717) is 12.0 Å². The van der Waals surface area contributed by atoms with Gasteiger partial charge in [-0.25, -0.2) is 0 Å². The Kier molecular flexibility index (Phi) is 3.39. The maximum atomic E-state index is 12.2. The highest BCUT2D eigenvalue weighted by Gasteiger charge is 2.58. The minimum absolute atomic E-state index is 0.0772. The van der Waals surface area contributed by atoms with Crippen molar-refractivity contribution in [3.8, 4) is 6.07 Å². The van der Waals surface area contributed by atoms with Crippen LogP contribution in [0.3, 0.4) is 0 Å². The monoisotopic (exact) mass is 235 g/mol. The van der Waals surface area contributed by atoms with Crippen LogP contribution in [-0.2, 0) is 4.79 Å². The van der Waals surface area contributed by atoms with E-state index in [1.165, 1.54) is 0 Å². The second-order valence-corrected chi connectivity index (χ2v) is 5.62. The highest BCUT2D eigenvalue weighted by molar-refractivity contribution is 5.82. The molecule has 1 spiro atoms. The molecule has 1 heterocycles. The second-order valence-electron chi connectivity index (χ2n) is 5.62. The van der Waals surface area contributed by atoms with Gasteiger partial charge in [0.1, 0.15) is 0 Å². The number of piperidine rings is 1. The third kappa shape index (κ3) is 2.44. The van der Waals surface area contributed by atoms with Crippen molar-refractivity contribution < 1.29 is 4.79 Å².